The number of nitrogen functional groups attached to an aromatic ring is 1. The Hall–Kier alpha value is -1.49. The molecule has 0 amide bonds. The maximum atomic E-state index is 8.59. The topological polar surface area (TPSA) is 80.4 Å². The first-order valence-electron chi connectivity index (χ1n) is 3.92. The fraction of sp³-hybridized carbons (Fsp3) is 0.375. The van der Waals surface area contributed by atoms with Crippen molar-refractivity contribution < 1.29 is 9.84 Å². The van der Waals surface area contributed by atoms with Crippen molar-refractivity contribution >= 4 is 11.5 Å². The second-order valence-corrected chi connectivity index (χ2v) is 2.47. The molecule has 13 heavy (non-hydrogen) atoms. The van der Waals surface area contributed by atoms with Crippen LogP contribution in [0.3, 0.4) is 0 Å². The van der Waals surface area contributed by atoms with Crippen LogP contribution in [0.25, 0.3) is 0 Å². The molecule has 1 rings (SSSR count). The average molecular weight is 183 g/mol. The molecule has 0 bridgehead atoms. The van der Waals surface area contributed by atoms with Crippen molar-refractivity contribution in [1.82, 2.24) is 4.98 Å². The van der Waals surface area contributed by atoms with E-state index in [1.807, 2.05) is 0 Å². The van der Waals surface area contributed by atoms with Gasteiger partial charge in [-0.25, -0.2) is 4.98 Å². The number of nitrogens with zero attached hydrogens (tertiary/aromatic N) is 1. The van der Waals surface area contributed by atoms with Crippen LogP contribution in [0.2, 0.25) is 0 Å². The lowest BCUT2D eigenvalue weighted by Gasteiger charge is -2.08. The highest BCUT2D eigenvalue weighted by molar-refractivity contribution is 5.56. The summed E-state index contributed by atoms with van der Waals surface area (Å²) in [4.78, 5) is 4.01. The highest BCUT2D eigenvalue weighted by Crippen LogP contribution is 2.22. The third-order valence-electron chi connectivity index (χ3n) is 1.50. The molecule has 0 saturated carbocycles. The Morgan fingerprint density at radius 2 is 2.46 bits per heavy atom. The third kappa shape index (κ3) is 2.48. The first-order valence-corrected chi connectivity index (χ1v) is 3.92. The van der Waals surface area contributed by atoms with Crippen molar-refractivity contribution in [1.29, 1.82) is 0 Å². The third-order valence-corrected chi connectivity index (χ3v) is 1.50. The van der Waals surface area contributed by atoms with E-state index in [2.05, 4.69) is 10.3 Å². The van der Waals surface area contributed by atoms with E-state index in [9.17, 15) is 0 Å². The summed E-state index contributed by atoms with van der Waals surface area (Å²) in [6.07, 6.45) is 1.53. The van der Waals surface area contributed by atoms with Gasteiger partial charge in [-0.3, -0.25) is 0 Å². The number of ether oxygens (including phenoxy) is 1. The van der Waals surface area contributed by atoms with Gasteiger partial charge in [-0.2, -0.15) is 0 Å². The van der Waals surface area contributed by atoms with Gasteiger partial charge in [-0.1, -0.05) is 0 Å². The van der Waals surface area contributed by atoms with Crippen LogP contribution in [0.4, 0.5) is 11.5 Å². The molecular weight excluding hydrogens is 170 g/mol. The fourth-order valence-electron chi connectivity index (χ4n) is 0.922. The van der Waals surface area contributed by atoms with Crippen LogP contribution < -0.4 is 15.8 Å². The van der Waals surface area contributed by atoms with E-state index in [0.29, 0.717) is 23.8 Å². The molecule has 0 aliphatic carbocycles. The molecule has 0 saturated heterocycles. The number of pyridine rings is 1. The van der Waals surface area contributed by atoms with Crippen LogP contribution in [-0.4, -0.2) is 30.4 Å². The fourth-order valence-corrected chi connectivity index (χ4v) is 0.922. The summed E-state index contributed by atoms with van der Waals surface area (Å²) in [5, 5.41) is 11.5. The number of aliphatic hydroxyl groups excluding tert-OH is 1. The van der Waals surface area contributed by atoms with Crippen molar-refractivity contribution in [2.45, 2.75) is 0 Å². The molecule has 72 valence electrons. The number of nitrogens with one attached hydrogen (secondary N) is 1. The van der Waals surface area contributed by atoms with Crippen LogP contribution >= 0.6 is 0 Å². The van der Waals surface area contributed by atoms with E-state index < -0.39 is 0 Å². The van der Waals surface area contributed by atoms with Crippen molar-refractivity contribution in [2.24, 2.45) is 0 Å². The smallest absolute Gasteiger partial charge is 0.168 e. The summed E-state index contributed by atoms with van der Waals surface area (Å²) < 4.78 is 5.04. The van der Waals surface area contributed by atoms with Gasteiger partial charge in [-0.05, 0) is 0 Å². The minimum absolute atomic E-state index is 0.0508. The SMILES string of the molecule is COc1cc(N)cnc1NCCO. The standard InChI is InChI=1S/C8H13N3O2/c1-13-7-4-6(9)5-11-8(7)10-2-3-12/h4-5,12H,2-3,9H2,1H3,(H,10,11). The van der Waals surface area contributed by atoms with E-state index in [-0.39, 0.29) is 6.61 Å². The van der Waals surface area contributed by atoms with Crippen molar-refractivity contribution in [3.8, 4) is 5.75 Å². The lowest BCUT2D eigenvalue weighted by molar-refractivity contribution is 0.310. The van der Waals surface area contributed by atoms with E-state index in [0.717, 1.165) is 0 Å². The molecular formula is C8H13N3O2. The molecule has 0 fully saturated rings. The molecule has 0 spiro atoms. The quantitative estimate of drug-likeness (QED) is 0.615. The average Bonchev–Trinajstić information content (AvgIpc) is 2.16. The number of nitrogens with two attached hydrogens (primary N) is 1. The van der Waals surface area contributed by atoms with Gasteiger partial charge in [0.15, 0.2) is 11.6 Å². The molecule has 0 radical (unpaired) electrons. The second kappa shape index (κ2) is 4.51. The lowest BCUT2D eigenvalue weighted by atomic mass is 10.4. The van der Waals surface area contributed by atoms with E-state index in [1.165, 1.54) is 6.20 Å². The first kappa shape index (κ1) is 9.60. The van der Waals surface area contributed by atoms with Crippen molar-refractivity contribution in [2.75, 3.05) is 31.3 Å². The lowest BCUT2D eigenvalue weighted by Crippen LogP contribution is -2.08. The molecule has 4 N–H and O–H groups in total. The second-order valence-electron chi connectivity index (χ2n) is 2.47. The number of hydrogen-bond donors (Lipinski definition) is 3. The minimum atomic E-state index is 0.0508. The van der Waals surface area contributed by atoms with Crippen LogP contribution in [0.1, 0.15) is 0 Å². The summed E-state index contributed by atoms with van der Waals surface area (Å²) in [5.74, 6) is 1.17. The van der Waals surface area contributed by atoms with Gasteiger partial charge in [0.2, 0.25) is 0 Å². The highest BCUT2D eigenvalue weighted by Gasteiger charge is 2.03. The maximum absolute atomic E-state index is 8.59. The molecule has 1 heterocycles. The number of aliphatic hydroxyl groups is 1. The molecule has 5 heteroatoms. The first-order chi connectivity index (χ1) is 6.27. The predicted octanol–water partition coefficient (Wildman–Crippen LogP) is 0.0766. The van der Waals surface area contributed by atoms with Gasteiger partial charge in [0.1, 0.15) is 0 Å². The molecule has 0 unspecified atom stereocenters. The molecule has 0 aromatic carbocycles. The van der Waals surface area contributed by atoms with Gasteiger partial charge < -0.3 is 20.9 Å². The zero-order valence-electron chi connectivity index (χ0n) is 7.45. The van der Waals surface area contributed by atoms with Crippen molar-refractivity contribution in [3.05, 3.63) is 12.3 Å². The van der Waals surface area contributed by atoms with Gasteiger partial charge in [0.05, 0.1) is 25.6 Å². The zero-order valence-corrected chi connectivity index (χ0v) is 7.45. The van der Waals surface area contributed by atoms with Gasteiger partial charge >= 0.3 is 0 Å². The number of anilines is 2. The molecule has 1 aromatic rings. The molecule has 1 aromatic heterocycles. The highest BCUT2D eigenvalue weighted by atomic mass is 16.5. The Bertz CT molecular complexity index is 278. The van der Waals surface area contributed by atoms with Crippen LogP contribution in [0.5, 0.6) is 5.75 Å². The molecule has 5 nitrogen and oxygen atoms in total. The predicted molar refractivity (Wildman–Crippen MR) is 50.8 cm³/mol. The summed E-state index contributed by atoms with van der Waals surface area (Å²) in [6.45, 7) is 0.489. The monoisotopic (exact) mass is 183 g/mol. The Labute approximate surface area is 76.5 Å². The maximum Gasteiger partial charge on any atom is 0.168 e. The summed E-state index contributed by atoms with van der Waals surface area (Å²) in [5.41, 5.74) is 6.06. The minimum Gasteiger partial charge on any atom is -0.493 e. The molecule has 0 aliphatic heterocycles. The summed E-state index contributed by atoms with van der Waals surface area (Å²) in [6, 6.07) is 1.67. The number of aromatic nitrogens is 1. The summed E-state index contributed by atoms with van der Waals surface area (Å²) >= 11 is 0. The Kier molecular flexibility index (Phi) is 3.33. The normalized spacial score (nSPS) is 9.69. The summed E-state index contributed by atoms with van der Waals surface area (Å²) in [7, 11) is 1.54. The van der Waals surface area contributed by atoms with Crippen LogP contribution in [0, 0.1) is 0 Å². The van der Waals surface area contributed by atoms with Gasteiger partial charge in [0.25, 0.3) is 0 Å². The Balaban J connectivity index is 2.79. The largest absolute Gasteiger partial charge is 0.493 e. The number of rotatable bonds is 4. The number of hydrogen-bond acceptors (Lipinski definition) is 5. The molecule has 0 aliphatic rings. The Morgan fingerprint density at radius 1 is 1.69 bits per heavy atom. The number of methoxy groups -OCH3 is 1. The van der Waals surface area contributed by atoms with Crippen molar-refractivity contribution in [3.63, 3.8) is 0 Å². The van der Waals surface area contributed by atoms with E-state index in [4.69, 9.17) is 15.6 Å². The van der Waals surface area contributed by atoms with Gasteiger partial charge in [-0.15, -0.1) is 0 Å². The van der Waals surface area contributed by atoms with E-state index >= 15 is 0 Å². The van der Waals surface area contributed by atoms with E-state index in [1.54, 1.807) is 13.2 Å². The van der Waals surface area contributed by atoms with Crippen LogP contribution in [0.15, 0.2) is 12.3 Å². The molecule has 0 atom stereocenters. The van der Waals surface area contributed by atoms with Crippen LogP contribution in [-0.2, 0) is 0 Å². The zero-order chi connectivity index (χ0) is 9.68. The Morgan fingerprint density at radius 3 is 3.08 bits per heavy atom. The van der Waals surface area contributed by atoms with Gasteiger partial charge in [0, 0.05) is 12.6 Å².